The van der Waals surface area contributed by atoms with Gasteiger partial charge in [-0.15, -0.1) is 0 Å². The third-order valence-electron chi connectivity index (χ3n) is 6.15. The second-order valence-corrected chi connectivity index (χ2v) is 8.22. The first kappa shape index (κ1) is 20.3. The van der Waals surface area contributed by atoms with Crippen LogP contribution in [0.25, 0.3) is 6.08 Å². The maximum absolute atomic E-state index is 13.6. The monoisotopic (exact) mass is 428 g/mol. The Kier molecular flexibility index (Phi) is 5.39. The molecule has 0 bridgehead atoms. The summed E-state index contributed by atoms with van der Waals surface area (Å²) in [4.78, 5) is 13.4. The highest BCUT2D eigenvalue weighted by atomic mass is 19.1. The van der Waals surface area contributed by atoms with Crippen molar-refractivity contribution < 1.29 is 13.6 Å². The van der Waals surface area contributed by atoms with E-state index >= 15 is 0 Å². The van der Waals surface area contributed by atoms with Crippen molar-refractivity contribution in [2.45, 2.75) is 25.3 Å². The molecule has 3 aromatic rings. The highest BCUT2D eigenvalue weighted by Crippen LogP contribution is 2.44. The van der Waals surface area contributed by atoms with Crippen LogP contribution in [0, 0.1) is 17.6 Å². The number of carbonyl (C=O) groups is 1. The Morgan fingerprint density at radius 2 is 1.56 bits per heavy atom. The van der Waals surface area contributed by atoms with E-state index in [9.17, 15) is 13.6 Å². The van der Waals surface area contributed by atoms with Crippen molar-refractivity contribution in [3.05, 3.63) is 113 Å². The van der Waals surface area contributed by atoms with Gasteiger partial charge in [0.2, 0.25) is 0 Å². The fourth-order valence-corrected chi connectivity index (χ4v) is 4.63. The molecule has 5 rings (SSSR count). The van der Waals surface area contributed by atoms with Crippen LogP contribution < -0.4 is 0 Å². The fraction of sp³-hybridized carbons (Fsp3) is 0.185. The first-order valence-corrected chi connectivity index (χ1v) is 10.8. The number of nitrogens with zero attached hydrogens (tertiary/aromatic N) is 2. The lowest BCUT2D eigenvalue weighted by atomic mass is 9.77. The molecule has 1 aliphatic heterocycles. The summed E-state index contributed by atoms with van der Waals surface area (Å²) >= 11 is 0. The summed E-state index contributed by atoms with van der Waals surface area (Å²) in [5, 5.41) is 6.39. The number of hydrogen-bond acceptors (Lipinski definition) is 2. The summed E-state index contributed by atoms with van der Waals surface area (Å²) < 4.78 is 26.9. The minimum atomic E-state index is -0.311. The van der Waals surface area contributed by atoms with Gasteiger partial charge in [-0.1, -0.05) is 42.5 Å². The van der Waals surface area contributed by atoms with Gasteiger partial charge in [0.25, 0.3) is 5.91 Å². The smallest absolute Gasteiger partial charge is 0.267 e. The lowest BCUT2D eigenvalue weighted by molar-refractivity contribution is 0.0681. The Bertz CT molecular complexity index is 1180. The third-order valence-corrected chi connectivity index (χ3v) is 6.15. The van der Waals surface area contributed by atoms with Crippen molar-refractivity contribution in [1.82, 2.24) is 5.01 Å². The number of benzene rings is 3. The van der Waals surface area contributed by atoms with E-state index in [1.165, 1.54) is 24.3 Å². The zero-order valence-electron chi connectivity index (χ0n) is 17.4. The van der Waals surface area contributed by atoms with Crippen molar-refractivity contribution in [3.63, 3.8) is 0 Å². The minimum Gasteiger partial charge on any atom is -0.267 e. The van der Waals surface area contributed by atoms with Crippen LogP contribution in [0.3, 0.4) is 0 Å². The first-order valence-electron chi connectivity index (χ1n) is 10.8. The van der Waals surface area contributed by atoms with E-state index in [4.69, 9.17) is 5.10 Å². The molecule has 1 amide bonds. The zero-order valence-corrected chi connectivity index (χ0v) is 17.4. The van der Waals surface area contributed by atoms with Gasteiger partial charge >= 0.3 is 0 Å². The Morgan fingerprint density at radius 3 is 2.25 bits per heavy atom. The minimum absolute atomic E-state index is 0.0218. The van der Waals surface area contributed by atoms with Crippen molar-refractivity contribution in [1.29, 1.82) is 0 Å². The lowest BCUT2D eigenvalue weighted by Crippen LogP contribution is -2.31. The molecule has 160 valence electrons. The quantitative estimate of drug-likeness (QED) is 0.475. The van der Waals surface area contributed by atoms with Gasteiger partial charge < -0.3 is 0 Å². The van der Waals surface area contributed by atoms with E-state index in [2.05, 4.69) is 0 Å². The first-order chi connectivity index (χ1) is 15.6. The van der Waals surface area contributed by atoms with Crippen LogP contribution in [0.5, 0.6) is 0 Å². The molecule has 0 radical (unpaired) electrons. The maximum Gasteiger partial charge on any atom is 0.274 e. The van der Waals surface area contributed by atoms with E-state index in [0.29, 0.717) is 5.56 Å². The number of hydrogen-bond donors (Lipinski definition) is 0. The molecule has 0 N–H and O–H groups in total. The summed E-state index contributed by atoms with van der Waals surface area (Å²) in [7, 11) is 0. The summed E-state index contributed by atoms with van der Waals surface area (Å²) in [5.74, 6) is -0.742. The van der Waals surface area contributed by atoms with Crippen LogP contribution in [0.1, 0.15) is 46.8 Å². The predicted molar refractivity (Wildman–Crippen MR) is 121 cm³/mol. The SMILES string of the molecule is O=C(c1ccccc1)N1N=C2/C(=C/c3ccc(F)cc3)CCC[C@H]2[C@@H]1c1ccc(F)cc1. The molecule has 3 aromatic carbocycles. The van der Waals surface area contributed by atoms with Gasteiger partial charge in [0.1, 0.15) is 11.6 Å². The zero-order chi connectivity index (χ0) is 22.1. The molecule has 0 aromatic heterocycles. The van der Waals surface area contributed by atoms with Crippen LogP contribution in [-0.4, -0.2) is 16.6 Å². The number of hydrazone groups is 1. The molecule has 1 saturated carbocycles. The van der Waals surface area contributed by atoms with E-state index in [1.807, 2.05) is 24.3 Å². The second kappa shape index (κ2) is 8.50. The average Bonchev–Trinajstić information content (AvgIpc) is 3.22. The maximum atomic E-state index is 13.6. The second-order valence-electron chi connectivity index (χ2n) is 8.22. The van der Waals surface area contributed by atoms with Crippen LogP contribution in [0.4, 0.5) is 8.78 Å². The highest BCUT2D eigenvalue weighted by Gasteiger charge is 2.43. The molecule has 2 aliphatic rings. The van der Waals surface area contributed by atoms with Crippen LogP contribution in [0.2, 0.25) is 0 Å². The average molecular weight is 428 g/mol. The number of fused-ring (bicyclic) bond motifs is 1. The van der Waals surface area contributed by atoms with Gasteiger partial charge in [-0.05, 0) is 78.4 Å². The van der Waals surface area contributed by atoms with Gasteiger partial charge in [-0.25, -0.2) is 13.8 Å². The summed E-state index contributed by atoms with van der Waals surface area (Å²) in [5.41, 5.74) is 4.27. The normalized spacial score (nSPS) is 21.4. The molecular formula is C27H22F2N2O. The lowest BCUT2D eigenvalue weighted by Gasteiger charge is -2.29. The number of amides is 1. The van der Waals surface area contributed by atoms with Gasteiger partial charge in [-0.2, -0.15) is 5.10 Å². The summed E-state index contributed by atoms with van der Waals surface area (Å²) in [6, 6.07) is 21.5. The third kappa shape index (κ3) is 3.86. The summed E-state index contributed by atoms with van der Waals surface area (Å²) in [6.45, 7) is 0. The summed E-state index contributed by atoms with van der Waals surface area (Å²) in [6.07, 6.45) is 4.72. The molecule has 3 nitrogen and oxygen atoms in total. The van der Waals surface area contributed by atoms with Gasteiger partial charge in [0, 0.05) is 11.5 Å². The number of carbonyl (C=O) groups excluding carboxylic acids is 1. The molecule has 1 fully saturated rings. The molecule has 0 saturated heterocycles. The van der Waals surface area contributed by atoms with Crippen molar-refractivity contribution in [2.24, 2.45) is 11.0 Å². The molecule has 1 heterocycles. The Balaban J connectivity index is 1.57. The standard InChI is InChI=1S/C27H22F2N2O/c28-22-13-9-18(10-14-22)17-21-7-4-8-24-25(21)30-31(27(32)20-5-2-1-3-6-20)26(24)19-11-15-23(29)16-12-19/h1-3,5-6,9-17,24,26H,4,7-8H2/b21-17+/t24-,26+/m1/s1. The number of allylic oxidation sites excluding steroid dienone is 1. The van der Waals surface area contributed by atoms with Crippen LogP contribution in [0.15, 0.2) is 89.5 Å². The molecule has 32 heavy (non-hydrogen) atoms. The largest absolute Gasteiger partial charge is 0.274 e. The molecular weight excluding hydrogens is 406 g/mol. The van der Waals surface area contributed by atoms with E-state index in [-0.39, 0.29) is 29.5 Å². The Hall–Kier alpha value is -3.60. The number of halogens is 2. The molecule has 0 unspecified atom stereocenters. The van der Waals surface area contributed by atoms with Gasteiger partial charge in [0.05, 0.1) is 11.8 Å². The van der Waals surface area contributed by atoms with Gasteiger partial charge in [-0.3, -0.25) is 4.79 Å². The van der Waals surface area contributed by atoms with Gasteiger partial charge in [0.15, 0.2) is 0 Å². The Morgan fingerprint density at radius 1 is 0.906 bits per heavy atom. The molecule has 2 atom stereocenters. The fourth-order valence-electron chi connectivity index (χ4n) is 4.63. The van der Waals surface area contributed by atoms with E-state index < -0.39 is 0 Å². The highest BCUT2D eigenvalue weighted by molar-refractivity contribution is 6.09. The molecule has 5 heteroatoms. The van der Waals surface area contributed by atoms with Crippen molar-refractivity contribution in [2.75, 3.05) is 0 Å². The predicted octanol–water partition coefficient (Wildman–Crippen LogP) is 6.40. The van der Waals surface area contributed by atoms with Crippen LogP contribution in [-0.2, 0) is 0 Å². The Labute approximate surface area is 185 Å². The van der Waals surface area contributed by atoms with Crippen LogP contribution >= 0.6 is 0 Å². The van der Waals surface area contributed by atoms with Crippen molar-refractivity contribution >= 4 is 17.7 Å². The topological polar surface area (TPSA) is 32.7 Å². The molecule has 0 spiro atoms. The van der Waals surface area contributed by atoms with E-state index in [0.717, 1.165) is 41.7 Å². The number of rotatable bonds is 3. The molecule has 1 aliphatic carbocycles. The van der Waals surface area contributed by atoms with Crippen molar-refractivity contribution in [3.8, 4) is 0 Å². The van der Waals surface area contributed by atoms with E-state index in [1.54, 1.807) is 41.4 Å².